The smallest absolute Gasteiger partial charge is 0.238 e. The molecule has 1 fully saturated rings. The van der Waals surface area contributed by atoms with Crippen molar-refractivity contribution >= 4 is 27.5 Å². The zero-order chi connectivity index (χ0) is 17.9. The van der Waals surface area contributed by atoms with Gasteiger partial charge in [-0.25, -0.2) is 13.6 Å². The highest BCUT2D eigenvalue weighted by Crippen LogP contribution is 2.26. The Bertz CT molecular complexity index is 733. The number of hydrogen-bond donors (Lipinski definition) is 3. The number of rotatable bonds is 6. The van der Waals surface area contributed by atoms with Crippen LogP contribution < -0.4 is 21.1 Å². The number of primary sulfonamides is 1. The highest BCUT2D eigenvalue weighted by Gasteiger charge is 2.35. The molecule has 132 valence electrons. The number of benzene rings is 1. The van der Waals surface area contributed by atoms with Crippen molar-refractivity contribution in [3.05, 3.63) is 24.3 Å². The fourth-order valence-electron chi connectivity index (χ4n) is 2.53. The van der Waals surface area contributed by atoms with E-state index in [9.17, 15) is 18.0 Å². The molecular formula is C15H22N4O4S. The molecule has 0 aromatic heterocycles. The molecule has 0 radical (unpaired) electrons. The van der Waals surface area contributed by atoms with Crippen molar-refractivity contribution in [1.82, 2.24) is 5.32 Å². The van der Waals surface area contributed by atoms with E-state index in [1.807, 2.05) is 6.92 Å². The maximum atomic E-state index is 12.2. The predicted octanol–water partition coefficient (Wildman–Crippen LogP) is -0.460. The number of hydrogen-bond acceptors (Lipinski definition) is 5. The highest BCUT2D eigenvalue weighted by atomic mass is 32.2. The summed E-state index contributed by atoms with van der Waals surface area (Å²) in [6.07, 6.45) is 0.746. The van der Waals surface area contributed by atoms with Crippen molar-refractivity contribution in [2.45, 2.75) is 30.7 Å². The number of carbonyl (C=O) groups excluding carboxylic acids is 2. The Labute approximate surface area is 141 Å². The van der Waals surface area contributed by atoms with Crippen molar-refractivity contribution in [3.8, 4) is 0 Å². The van der Waals surface area contributed by atoms with E-state index in [4.69, 9.17) is 10.9 Å². The second-order valence-electron chi connectivity index (χ2n) is 6.00. The van der Waals surface area contributed by atoms with Gasteiger partial charge in [-0.15, -0.1) is 0 Å². The number of sulfonamides is 1. The van der Waals surface area contributed by atoms with E-state index in [2.05, 4.69) is 5.32 Å². The first kappa shape index (κ1) is 18.4. The van der Waals surface area contributed by atoms with Crippen LogP contribution in [0.3, 0.4) is 0 Å². The van der Waals surface area contributed by atoms with Crippen LogP contribution in [-0.4, -0.2) is 39.4 Å². The molecule has 1 heterocycles. The predicted molar refractivity (Wildman–Crippen MR) is 89.6 cm³/mol. The van der Waals surface area contributed by atoms with Crippen LogP contribution in [0.2, 0.25) is 0 Å². The average molecular weight is 354 g/mol. The molecule has 1 aromatic rings. The molecule has 8 nitrogen and oxygen atoms in total. The fourth-order valence-corrected chi connectivity index (χ4v) is 3.08. The fraction of sp³-hybridized carbons (Fsp3) is 0.467. The van der Waals surface area contributed by atoms with E-state index < -0.39 is 15.9 Å². The molecule has 1 aliphatic rings. The second-order valence-corrected chi connectivity index (χ2v) is 7.57. The van der Waals surface area contributed by atoms with Crippen LogP contribution in [0.4, 0.5) is 5.69 Å². The van der Waals surface area contributed by atoms with Gasteiger partial charge in [-0.05, 0) is 31.5 Å². The number of carbonyl (C=O) groups is 2. The molecule has 2 rings (SSSR count). The Kier molecular flexibility index (Phi) is 5.58. The summed E-state index contributed by atoms with van der Waals surface area (Å²) < 4.78 is 22.9. The lowest BCUT2D eigenvalue weighted by atomic mass is 10.1. The van der Waals surface area contributed by atoms with Crippen LogP contribution in [0.5, 0.6) is 0 Å². The van der Waals surface area contributed by atoms with Crippen LogP contribution in [0.25, 0.3) is 0 Å². The summed E-state index contributed by atoms with van der Waals surface area (Å²) in [6, 6.07) is 5.82. The van der Waals surface area contributed by atoms with Crippen LogP contribution in [-0.2, 0) is 19.6 Å². The summed E-state index contributed by atoms with van der Waals surface area (Å²) >= 11 is 0. The van der Waals surface area contributed by atoms with Gasteiger partial charge in [-0.3, -0.25) is 9.59 Å². The summed E-state index contributed by atoms with van der Waals surface area (Å²) in [5, 5.41) is 7.88. The van der Waals surface area contributed by atoms with Crippen molar-refractivity contribution in [1.29, 1.82) is 0 Å². The minimum Gasteiger partial charge on any atom is -0.356 e. The Hall–Kier alpha value is -1.97. The first-order valence-corrected chi connectivity index (χ1v) is 9.19. The number of anilines is 1. The van der Waals surface area contributed by atoms with E-state index in [0.29, 0.717) is 18.7 Å². The van der Waals surface area contributed by atoms with Gasteiger partial charge in [0.1, 0.15) is 0 Å². The summed E-state index contributed by atoms with van der Waals surface area (Å²) in [5.74, 6) is -0.897. The van der Waals surface area contributed by atoms with Gasteiger partial charge in [0.2, 0.25) is 21.8 Å². The Morgan fingerprint density at radius 3 is 2.79 bits per heavy atom. The molecule has 0 saturated carbocycles. The largest absolute Gasteiger partial charge is 0.356 e. The van der Waals surface area contributed by atoms with Crippen LogP contribution >= 0.6 is 0 Å². The second kappa shape index (κ2) is 7.29. The Morgan fingerprint density at radius 1 is 1.46 bits per heavy atom. The monoisotopic (exact) mass is 354 g/mol. The van der Waals surface area contributed by atoms with E-state index in [0.717, 1.165) is 0 Å². The Morgan fingerprint density at radius 2 is 2.17 bits per heavy atom. The quantitative estimate of drug-likeness (QED) is 0.635. The van der Waals surface area contributed by atoms with Crippen LogP contribution in [0, 0.1) is 5.92 Å². The molecule has 1 aliphatic heterocycles. The van der Waals surface area contributed by atoms with Crippen molar-refractivity contribution in [2.75, 3.05) is 18.0 Å². The average Bonchev–Trinajstić information content (AvgIpc) is 2.88. The molecule has 0 aliphatic carbocycles. The maximum absolute atomic E-state index is 12.2. The number of nitrogens with zero attached hydrogens (tertiary/aromatic N) is 1. The summed E-state index contributed by atoms with van der Waals surface area (Å²) in [4.78, 5) is 25.6. The van der Waals surface area contributed by atoms with Gasteiger partial charge in [0.25, 0.3) is 0 Å². The van der Waals surface area contributed by atoms with Gasteiger partial charge < -0.3 is 16.0 Å². The molecule has 1 aromatic carbocycles. The van der Waals surface area contributed by atoms with E-state index in [1.54, 1.807) is 6.07 Å². The van der Waals surface area contributed by atoms with Gasteiger partial charge in [0, 0.05) is 31.2 Å². The zero-order valence-corrected chi connectivity index (χ0v) is 14.3. The molecule has 0 spiro atoms. The topological polar surface area (TPSA) is 136 Å². The summed E-state index contributed by atoms with van der Waals surface area (Å²) in [6.45, 7) is 2.52. The van der Waals surface area contributed by atoms with Crippen molar-refractivity contribution in [3.63, 3.8) is 0 Å². The lowest BCUT2D eigenvalue weighted by Crippen LogP contribution is -2.35. The third kappa shape index (κ3) is 4.53. The van der Waals surface area contributed by atoms with Crippen molar-refractivity contribution < 1.29 is 18.0 Å². The highest BCUT2D eigenvalue weighted by molar-refractivity contribution is 7.89. The van der Waals surface area contributed by atoms with Gasteiger partial charge >= 0.3 is 0 Å². The minimum atomic E-state index is -3.85. The zero-order valence-electron chi connectivity index (χ0n) is 13.4. The molecule has 0 bridgehead atoms. The SMILES string of the molecule is CC(N)CCNC(=O)C1CC(=O)N(c2cccc(S(N)(=O)=O)c2)C1. The molecule has 5 N–H and O–H groups in total. The first-order chi connectivity index (χ1) is 11.2. The van der Waals surface area contributed by atoms with E-state index in [1.165, 1.54) is 23.1 Å². The van der Waals surface area contributed by atoms with Crippen LogP contribution in [0.15, 0.2) is 29.2 Å². The maximum Gasteiger partial charge on any atom is 0.238 e. The summed E-state index contributed by atoms with van der Waals surface area (Å²) in [7, 11) is -3.85. The molecule has 2 amide bonds. The molecule has 1 saturated heterocycles. The normalized spacial score (nSPS) is 19.4. The van der Waals surface area contributed by atoms with Gasteiger partial charge in [0.05, 0.1) is 10.8 Å². The van der Waals surface area contributed by atoms with E-state index >= 15 is 0 Å². The lowest BCUT2D eigenvalue weighted by molar-refractivity contribution is -0.126. The van der Waals surface area contributed by atoms with Gasteiger partial charge in [-0.2, -0.15) is 0 Å². The van der Waals surface area contributed by atoms with Gasteiger partial charge in [0.15, 0.2) is 0 Å². The van der Waals surface area contributed by atoms with E-state index in [-0.39, 0.29) is 35.7 Å². The third-order valence-electron chi connectivity index (χ3n) is 3.85. The number of nitrogens with two attached hydrogens (primary N) is 2. The minimum absolute atomic E-state index is 0.00652. The van der Waals surface area contributed by atoms with Crippen molar-refractivity contribution in [2.24, 2.45) is 16.8 Å². The Balaban J connectivity index is 2.06. The molecule has 2 unspecified atom stereocenters. The lowest BCUT2D eigenvalue weighted by Gasteiger charge is -2.17. The molecule has 2 atom stereocenters. The molecule has 9 heteroatoms. The summed E-state index contributed by atoms with van der Waals surface area (Å²) in [5.41, 5.74) is 6.04. The van der Waals surface area contributed by atoms with Crippen LogP contribution in [0.1, 0.15) is 19.8 Å². The van der Waals surface area contributed by atoms with Gasteiger partial charge in [-0.1, -0.05) is 6.07 Å². The number of amides is 2. The third-order valence-corrected chi connectivity index (χ3v) is 4.76. The number of nitrogens with one attached hydrogen (secondary N) is 1. The molecule has 24 heavy (non-hydrogen) atoms. The first-order valence-electron chi connectivity index (χ1n) is 7.65. The standard InChI is InChI=1S/C15H22N4O4S/c1-10(16)5-6-18-15(21)11-7-14(20)19(9-11)12-3-2-4-13(8-12)24(17,22)23/h2-4,8,10-11H,5-7,9,16H2,1H3,(H,18,21)(H2,17,22,23). The molecular weight excluding hydrogens is 332 g/mol.